The molecule has 1 atom stereocenters. The second kappa shape index (κ2) is 6.78. The van der Waals surface area contributed by atoms with Crippen LogP contribution in [0.4, 0.5) is 10.9 Å². The molecule has 0 aliphatic rings. The summed E-state index contributed by atoms with van der Waals surface area (Å²) in [6.07, 6.45) is 0. The quantitative estimate of drug-likeness (QED) is 0.681. The smallest absolute Gasteiger partial charge is 0.188 e. The van der Waals surface area contributed by atoms with Crippen LogP contribution in [-0.2, 0) is 10.8 Å². The highest BCUT2D eigenvalue weighted by Crippen LogP contribution is 2.27. The molecular weight excluding hydrogens is 350 g/mol. The fourth-order valence-corrected chi connectivity index (χ4v) is 4.17. The molecule has 7 heteroatoms. The maximum absolute atomic E-state index is 12.6. The Bertz CT molecular complexity index is 846. The summed E-state index contributed by atoms with van der Waals surface area (Å²) >= 11 is 7.63. The van der Waals surface area contributed by atoms with Crippen molar-refractivity contribution < 1.29 is 4.21 Å². The molecule has 1 unspecified atom stereocenters. The Balaban J connectivity index is 1.91. The molecule has 2 heterocycles. The number of pyridine rings is 1. The van der Waals surface area contributed by atoms with Gasteiger partial charge in [0.25, 0.3) is 0 Å². The Morgan fingerprint density at radius 2 is 1.83 bits per heavy atom. The van der Waals surface area contributed by atoms with Crippen LogP contribution in [0.15, 0.2) is 52.3 Å². The van der Waals surface area contributed by atoms with Gasteiger partial charge in [0, 0.05) is 9.77 Å². The van der Waals surface area contributed by atoms with Gasteiger partial charge in [-0.25, -0.2) is 14.2 Å². The van der Waals surface area contributed by atoms with Gasteiger partial charge in [-0.05, 0) is 38.1 Å². The summed E-state index contributed by atoms with van der Waals surface area (Å²) in [5, 5.41) is 4.16. The van der Waals surface area contributed by atoms with Crippen molar-refractivity contribution in [2.45, 2.75) is 23.6 Å². The molecule has 3 aromatic rings. The fraction of sp³-hybridized carbons (Fsp3) is 0.125. The van der Waals surface area contributed by atoms with Crippen molar-refractivity contribution in [2.75, 3.05) is 5.32 Å². The Labute approximate surface area is 146 Å². The van der Waals surface area contributed by atoms with Crippen molar-refractivity contribution in [2.24, 2.45) is 0 Å². The minimum atomic E-state index is -1.31. The molecule has 0 bridgehead atoms. The summed E-state index contributed by atoms with van der Waals surface area (Å²) in [5.41, 5.74) is 0.979. The zero-order valence-electron chi connectivity index (χ0n) is 12.5. The molecule has 23 heavy (non-hydrogen) atoms. The molecule has 0 amide bonds. The highest BCUT2D eigenvalue weighted by molar-refractivity contribution is 7.85. The van der Waals surface area contributed by atoms with E-state index < -0.39 is 10.8 Å². The van der Waals surface area contributed by atoms with Crippen molar-refractivity contribution in [1.82, 2.24) is 9.97 Å². The van der Waals surface area contributed by atoms with E-state index in [1.165, 1.54) is 0 Å². The molecule has 4 nitrogen and oxygen atoms in total. The first-order valence-electron chi connectivity index (χ1n) is 6.88. The van der Waals surface area contributed by atoms with E-state index >= 15 is 0 Å². The molecule has 0 fully saturated rings. The predicted octanol–water partition coefficient (Wildman–Crippen LogP) is 4.72. The molecule has 1 N–H and O–H groups in total. The van der Waals surface area contributed by atoms with Gasteiger partial charge in [0.2, 0.25) is 0 Å². The van der Waals surface area contributed by atoms with Crippen molar-refractivity contribution >= 4 is 44.7 Å². The Hall–Kier alpha value is -1.76. The Morgan fingerprint density at radius 3 is 2.48 bits per heavy atom. The lowest BCUT2D eigenvalue weighted by Crippen LogP contribution is -1.98. The van der Waals surface area contributed by atoms with Crippen LogP contribution in [0.2, 0.25) is 5.15 Å². The third kappa shape index (κ3) is 3.77. The second-order valence-corrected chi connectivity index (χ2v) is 7.95. The molecule has 2 aromatic heterocycles. The number of aromatic nitrogens is 2. The van der Waals surface area contributed by atoms with Gasteiger partial charge < -0.3 is 5.32 Å². The van der Waals surface area contributed by atoms with Crippen molar-refractivity contribution in [3.05, 3.63) is 58.2 Å². The average molecular weight is 364 g/mol. The van der Waals surface area contributed by atoms with Crippen LogP contribution in [0.25, 0.3) is 0 Å². The maximum atomic E-state index is 12.6. The monoisotopic (exact) mass is 363 g/mol. The SMILES string of the molecule is Cc1nc(Nc2cc(S(=O)c3ccccc3)cc(Cl)n2)sc1C. The van der Waals surface area contributed by atoms with Crippen molar-refractivity contribution in [1.29, 1.82) is 0 Å². The summed E-state index contributed by atoms with van der Waals surface area (Å²) in [5.74, 6) is 0.533. The van der Waals surface area contributed by atoms with E-state index in [0.717, 1.165) is 20.6 Å². The van der Waals surface area contributed by atoms with Crippen LogP contribution in [-0.4, -0.2) is 14.2 Å². The lowest BCUT2D eigenvalue weighted by Gasteiger charge is -2.07. The third-order valence-corrected chi connectivity index (χ3v) is 5.75. The summed E-state index contributed by atoms with van der Waals surface area (Å²) in [4.78, 5) is 11.1. The van der Waals surface area contributed by atoms with E-state index in [-0.39, 0.29) is 0 Å². The summed E-state index contributed by atoms with van der Waals surface area (Å²) in [7, 11) is -1.31. The van der Waals surface area contributed by atoms with Gasteiger partial charge in [-0.15, -0.1) is 11.3 Å². The largest absolute Gasteiger partial charge is 0.316 e. The van der Waals surface area contributed by atoms with Crippen LogP contribution < -0.4 is 5.32 Å². The van der Waals surface area contributed by atoms with Crippen molar-refractivity contribution in [3.8, 4) is 0 Å². The lowest BCUT2D eigenvalue weighted by atomic mass is 10.4. The molecule has 0 spiro atoms. The molecule has 0 aliphatic carbocycles. The van der Waals surface area contributed by atoms with Crippen molar-refractivity contribution in [3.63, 3.8) is 0 Å². The zero-order valence-corrected chi connectivity index (χ0v) is 14.9. The molecule has 0 radical (unpaired) electrons. The standard InChI is InChI=1S/C16H14ClN3OS2/c1-10-11(2)22-16(18-10)20-15-9-13(8-14(17)19-15)23(21)12-6-4-3-5-7-12/h3-9H,1-2H3,(H,18,19,20). The number of hydrogen-bond acceptors (Lipinski definition) is 5. The van der Waals surface area contributed by atoms with Gasteiger partial charge >= 0.3 is 0 Å². The molecule has 0 saturated carbocycles. The third-order valence-electron chi connectivity index (χ3n) is 3.20. The number of benzene rings is 1. The summed E-state index contributed by atoms with van der Waals surface area (Å²) in [6.45, 7) is 3.97. The lowest BCUT2D eigenvalue weighted by molar-refractivity contribution is 0.683. The van der Waals surface area contributed by atoms with Crippen LogP contribution in [0.5, 0.6) is 0 Å². The topological polar surface area (TPSA) is 54.9 Å². The van der Waals surface area contributed by atoms with E-state index in [1.54, 1.807) is 23.5 Å². The number of thiazole rings is 1. The van der Waals surface area contributed by atoms with Gasteiger partial charge in [0.05, 0.1) is 21.4 Å². The van der Waals surface area contributed by atoms with Gasteiger partial charge in [0.15, 0.2) is 5.13 Å². The Kier molecular flexibility index (Phi) is 4.75. The van der Waals surface area contributed by atoms with E-state index in [1.807, 2.05) is 44.2 Å². The highest BCUT2D eigenvalue weighted by Gasteiger charge is 2.11. The average Bonchev–Trinajstić information content (AvgIpc) is 2.84. The van der Waals surface area contributed by atoms with Crippen LogP contribution in [0.1, 0.15) is 10.6 Å². The molecule has 1 aromatic carbocycles. The first-order chi connectivity index (χ1) is 11.0. The Morgan fingerprint density at radius 1 is 1.09 bits per heavy atom. The highest BCUT2D eigenvalue weighted by atomic mass is 35.5. The zero-order chi connectivity index (χ0) is 16.4. The number of anilines is 2. The van der Waals surface area contributed by atoms with E-state index in [4.69, 9.17) is 11.6 Å². The second-order valence-electron chi connectivity index (χ2n) is 4.88. The molecule has 3 rings (SSSR count). The van der Waals surface area contributed by atoms with E-state index in [2.05, 4.69) is 15.3 Å². The van der Waals surface area contributed by atoms with E-state index in [0.29, 0.717) is 15.9 Å². The summed E-state index contributed by atoms with van der Waals surface area (Å²) in [6, 6.07) is 12.6. The summed E-state index contributed by atoms with van der Waals surface area (Å²) < 4.78 is 12.6. The van der Waals surface area contributed by atoms with Crippen LogP contribution >= 0.6 is 22.9 Å². The van der Waals surface area contributed by atoms with E-state index in [9.17, 15) is 4.21 Å². The number of hydrogen-bond donors (Lipinski definition) is 1. The van der Waals surface area contributed by atoms with Crippen LogP contribution in [0.3, 0.4) is 0 Å². The van der Waals surface area contributed by atoms with Gasteiger partial charge in [-0.2, -0.15) is 0 Å². The van der Waals surface area contributed by atoms with Gasteiger partial charge in [0.1, 0.15) is 11.0 Å². The van der Waals surface area contributed by atoms with Gasteiger partial charge in [-0.1, -0.05) is 29.8 Å². The first kappa shape index (κ1) is 16.1. The maximum Gasteiger partial charge on any atom is 0.188 e. The minimum absolute atomic E-state index is 0.291. The number of aryl methyl sites for hydroxylation is 2. The number of halogens is 1. The van der Waals surface area contributed by atoms with Gasteiger partial charge in [-0.3, -0.25) is 0 Å². The van der Waals surface area contributed by atoms with Crippen LogP contribution in [0, 0.1) is 13.8 Å². The first-order valence-corrected chi connectivity index (χ1v) is 9.23. The number of nitrogens with zero attached hydrogens (tertiary/aromatic N) is 2. The number of nitrogens with one attached hydrogen (secondary N) is 1. The normalized spacial score (nSPS) is 12.1. The molecule has 0 saturated heterocycles. The minimum Gasteiger partial charge on any atom is -0.316 e. The molecule has 118 valence electrons. The molecular formula is C16H14ClN3OS2. The molecule has 0 aliphatic heterocycles. The number of rotatable bonds is 4. The predicted molar refractivity (Wildman–Crippen MR) is 95.2 cm³/mol. The fourth-order valence-electron chi connectivity index (χ4n) is 1.96.